The maximum absolute atomic E-state index is 9.22. The summed E-state index contributed by atoms with van der Waals surface area (Å²) in [7, 11) is 1.60. The molecule has 1 aromatic heterocycles. The van der Waals surface area contributed by atoms with E-state index in [9.17, 15) is 5.11 Å². The predicted octanol–water partition coefficient (Wildman–Crippen LogP) is -0.736. The van der Waals surface area contributed by atoms with Crippen molar-refractivity contribution in [2.24, 2.45) is 5.73 Å². The van der Waals surface area contributed by atoms with E-state index in [1.165, 1.54) is 0 Å². The van der Waals surface area contributed by atoms with Crippen molar-refractivity contribution in [3.05, 3.63) is 11.4 Å². The van der Waals surface area contributed by atoms with E-state index in [0.717, 1.165) is 5.69 Å². The van der Waals surface area contributed by atoms with Crippen LogP contribution in [0.3, 0.4) is 0 Å². The average Bonchev–Trinajstić information content (AvgIpc) is 2.48. The minimum Gasteiger partial charge on any atom is -0.391 e. The third-order valence-electron chi connectivity index (χ3n) is 1.83. The largest absolute Gasteiger partial charge is 0.391 e. The summed E-state index contributed by atoms with van der Waals surface area (Å²) < 4.78 is 6.63. The van der Waals surface area contributed by atoms with Gasteiger partial charge in [-0.25, -0.2) is 4.68 Å². The topological polar surface area (TPSA) is 86.2 Å². The van der Waals surface area contributed by atoms with Gasteiger partial charge in [0.25, 0.3) is 0 Å². The van der Waals surface area contributed by atoms with Crippen molar-refractivity contribution in [2.75, 3.05) is 7.11 Å². The van der Waals surface area contributed by atoms with Crippen molar-refractivity contribution in [2.45, 2.75) is 32.7 Å². The molecule has 0 spiro atoms. The molecule has 1 unspecified atom stereocenters. The normalized spacial score (nSPS) is 13.1. The van der Waals surface area contributed by atoms with Gasteiger partial charge in [0.05, 0.1) is 24.9 Å². The van der Waals surface area contributed by atoms with Gasteiger partial charge in [0.15, 0.2) is 0 Å². The van der Waals surface area contributed by atoms with Crippen LogP contribution in [-0.2, 0) is 24.4 Å². The molecule has 0 fully saturated rings. The predicted molar refractivity (Wildman–Crippen MR) is 50.3 cm³/mol. The van der Waals surface area contributed by atoms with Crippen LogP contribution in [0.1, 0.15) is 18.3 Å². The number of aliphatic hydroxyl groups is 1. The first-order valence-electron chi connectivity index (χ1n) is 4.47. The van der Waals surface area contributed by atoms with Gasteiger partial charge in [-0.15, -0.1) is 5.10 Å². The number of hydrogen-bond donors (Lipinski definition) is 2. The lowest BCUT2D eigenvalue weighted by Gasteiger charge is -2.08. The summed E-state index contributed by atoms with van der Waals surface area (Å²) in [5, 5.41) is 17.0. The van der Waals surface area contributed by atoms with Crippen LogP contribution >= 0.6 is 0 Å². The molecule has 6 heteroatoms. The lowest BCUT2D eigenvalue weighted by atomic mass is 10.3. The second-order valence-electron chi connectivity index (χ2n) is 3.15. The number of aliphatic hydroxyl groups excluding tert-OH is 1. The lowest BCUT2D eigenvalue weighted by Crippen LogP contribution is -2.16. The molecule has 1 atom stereocenters. The summed E-state index contributed by atoms with van der Waals surface area (Å²) in [5.74, 6) is 0. The Balaban J connectivity index is 2.86. The molecule has 0 aromatic carbocycles. The van der Waals surface area contributed by atoms with Crippen molar-refractivity contribution in [1.82, 2.24) is 15.0 Å². The van der Waals surface area contributed by atoms with E-state index >= 15 is 0 Å². The van der Waals surface area contributed by atoms with Gasteiger partial charge in [0.1, 0.15) is 5.69 Å². The van der Waals surface area contributed by atoms with Crippen LogP contribution in [0.5, 0.6) is 0 Å². The highest BCUT2D eigenvalue weighted by Crippen LogP contribution is 2.06. The monoisotopic (exact) mass is 200 g/mol. The molecule has 14 heavy (non-hydrogen) atoms. The fourth-order valence-electron chi connectivity index (χ4n) is 1.22. The first kappa shape index (κ1) is 11.1. The third-order valence-corrected chi connectivity index (χ3v) is 1.83. The highest BCUT2D eigenvalue weighted by atomic mass is 16.5. The molecule has 0 aliphatic heterocycles. The number of methoxy groups -OCH3 is 1. The van der Waals surface area contributed by atoms with E-state index < -0.39 is 6.10 Å². The summed E-state index contributed by atoms with van der Waals surface area (Å²) >= 11 is 0. The van der Waals surface area contributed by atoms with Gasteiger partial charge in [-0.3, -0.25) is 0 Å². The Bertz CT molecular complexity index is 285. The molecule has 6 nitrogen and oxygen atoms in total. The zero-order valence-corrected chi connectivity index (χ0v) is 8.47. The number of rotatable bonds is 5. The zero-order chi connectivity index (χ0) is 10.6. The van der Waals surface area contributed by atoms with Crippen LogP contribution in [0, 0.1) is 0 Å². The van der Waals surface area contributed by atoms with Crippen LogP contribution < -0.4 is 5.73 Å². The molecule has 80 valence electrons. The van der Waals surface area contributed by atoms with Crippen LogP contribution in [0.4, 0.5) is 0 Å². The van der Waals surface area contributed by atoms with Gasteiger partial charge in [0, 0.05) is 13.7 Å². The first-order chi connectivity index (χ1) is 6.69. The van der Waals surface area contributed by atoms with E-state index in [0.29, 0.717) is 25.4 Å². The number of nitrogens with zero attached hydrogens (tertiary/aromatic N) is 3. The molecule has 0 amide bonds. The third kappa shape index (κ3) is 2.50. The summed E-state index contributed by atoms with van der Waals surface area (Å²) in [6.07, 6.45) is -0.460. The summed E-state index contributed by atoms with van der Waals surface area (Å²) in [4.78, 5) is 0. The fourth-order valence-corrected chi connectivity index (χ4v) is 1.22. The molecule has 0 saturated carbocycles. The van der Waals surface area contributed by atoms with Crippen LogP contribution in [0.15, 0.2) is 0 Å². The minimum atomic E-state index is -0.460. The average molecular weight is 200 g/mol. The molecule has 3 N–H and O–H groups in total. The van der Waals surface area contributed by atoms with Gasteiger partial charge < -0.3 is 15.6 Å². The summed E-state index contributed by atoms with van der Waals surface area (Å²) in [6, 6.07) is 0. The van der Waals surface area contributed by atoms with Crippen LogP contribution in [0.2, 0.25) is 0 Å². The Hall–Kier alpha value is -0.980. The Morgan fingerprint density at radius 3 is 2.86 bits per heavy atom. The quantitative estimate of drug-likeness (QED) is 0.654. The zero-order valence-electron chi connectivity index (χ0n) is 8.47. The molecule has 1 heterocycles. The van der Waals surface area contributed by atoms with Crippen molar-refractivity contribution in [3.63, 3.8) is 0 Å². The summed E-state index contributed by atoms with van der Waals surface area (Å²) in [6.45, 7) is 2.84. The first-order valence-corrected chi connectivity index (χ1v) is 4.47. The molecule has 0 aliphatic carbocycles. The standard InChI is InChI=1S/C8H16N4O2/c1-6(13)4-12-8(5-14-2)7(3-9)10-11-12/h6,13H,3-5,9H2,1-2H3. The van der Waals surface area contributed by atoms with Crippen molar-refractivity contribution in [3.8, 4) is 0 Å². The Kier molecular flexibility index (Phi) is 3.99. The fraction of sp³-hybridized carbons (Fsp3) is 0.750. The van der Waals surface area contributed by atoms with Crippen LogP contribution in [0.25, 0.3) is 0 Å². The number of hydrogen-bond acceptors (Lipinski definition) is 5. The maximum Gasteiger partial charge on any atom is 0.102 e. The Morgan fingerprint density at radius 2 is 2.36 bits per heavy atom. The second-order valence-corrected chi connectivity index (χ2v) is 3.15. The minimum absolute atomic E-state index is 0.332. The van der Waals surface area contributed by atoms with E-state index in [2.05, 4.69) is 10.3 Å². The van der Waals surface area contributed by atoms with Crippen molar-refractivity contribution < 1.29 is 9.84 Å². The number of aromatic nitrogens is 3. The molecule has 1 rings (SSSR count). The van der Waals surface area contributed by atoms with Gasteiger partial charge in [-0.1, -0.05) is 5.21 Å². The molecule has 1 aromatic rings. The highest BCUT2D eigenvalue weighted by Gasteiger charge is 2.12. The van der Waals surface area contributed by atoms with Gasteiger partial charge in [-0.2, -0.15) is 0 Å². The second kappa shape index (κ2) is 5.04. The lowest BCUT2D eigenvalue weighted by molar-refractivity contribution is 0.150. The molecule has 0 aliphatic rings. The van der Waals surface area contributed by atoms with Crippen molar-refractivity contribution in [1.29, 1.82) is 0 Å². The Morgan fingerprint density at radius 1 is 1.64 bits per heavy atom. The molecule has 0 bridgehead atoms. The van der Waals surface area contributed by atoms with Gasteiger partial charge in [0.2, 0.25) is 0 Å². The van der Waals surface area contributed by atoms with E-state index in [1.54, 1.807) is 18.7 Å². The highest BCUT2D eigenvalue weighted by molar-refractivity contribution is 5.08. The van der Waals surface area contributed by atoms with E-state index in [4.69, 9.17) is 10.5 Å². The van der Waals surface area contributed by atoms with E-state index in [1.807, 2.05) is 0 Å². The number of nitrogens with two attached hydrogens (primary N) is 1. The smallest absolute Gasteiger partial charge is 0.102 e. The van der Waals surface area contributed by atoms with Crippen LogP contribution in [-0.4, -0.2) is 33.3 Å². The van der Waals surface area contributed by atoms with E-state index in [-0.39, 0.29) is 0 Å². The maximum atomic E-state index is 9.22. The van der Waals surface area contributed by atoms with Crippen molar-refractivity contribution >= 4 is 0 Å². The Labute approximate surface area is 82.7 Å². The SMILES string of the molecule is COCc1c(CN)nnn1CC(C)O. The van der Waals surface area contributed by atoms with Gasteiger partial charge >= 0.3 is 0 Å². The van der Waals surface area contributed by atoms with Gasteiger partial charge in [-0.05, 0) is 6.92 Å². The molecular weight excluding hydrogens is 184 g/mol. The molecule has 0 radical (unpaired) electrons. The number of ether oxygens (including phenoxy) is 1. The molecule has 0 saturated heterocycles. The summed E-state index contributed by atoms with van der Waals surface area (Å²) in [5.41, 5.74) is 7.04. The molecular formula is C8H16N4O2.